The van der Waals surface area contributed by atoms with Crippen LogP contribution in [0.3, 0.4) is 0 Å². The van der Waals surface area contributed by atoms with Crippen LogP contribution in [-0.4, -0.2) is 62.3 Å². The molecular formula is C17H27N5O5. The Morgan fingerprint density at radius 1 is 1.48 bits per heavy atom. The van der Waals surface area contributed by atoms with E-state index in [1.54, 1.807) is 4.57 Å². The normalized spacial score (nSPS) is 23.6. The first-order chi connectivity index (χ1) is 12.5. The van der Waals surface area contributed by atoms with E-state index in [9.17, 15) is 14.9 Å². The Kier molecular flexibility index (Phi) is 5.02. The largest absolute Gasteiger partial charge is 0.444 e. The Morgan fingerprint density at radius 2 is 2.15 bits per heavy atom. The average molecular weight is 381 g/mol. The summed E-state index contributed by atoms with van der Waals surface area (Å²) in [6.07, 6.45) is 2.72. The lowest BCUT2D eigenvalue weighted by atomic mass is 10.0. The van der Waals surface area contributed by atoms with Gasteiger partial charge in [0.1, 0.15) is 17.4 Å². The molecule has 1 N–H and O–H groups in total. The zero-order valence-electron chi connectivity index (χ0n) is 16.2. The Labute approximate surface area is 158 Å². The number of hydrogen-bond acceptors (Lipinski definition) is 7. The molecule has 2 aliphatic heterocycles. The van der Waals surface area contributed by atoms with Gasteiger partial charge in [0.15, 0.2) is 0 Å². The summed E-state index contributed by atoms with van der Waals surface area (Å²) in [6.45, 7) is 10.4. The zero-order chi connectivity index (χ0) is 19.8. The van der Waals surface area contributed by atoms with Crippen LogP contribution in [0, 0.1) is 10.1 Å². The van der Waals surface area contributed by atoms with Gasteiger partial charge in [0.2, 0.25) is 0 Å². The number of aromatic nitrogens is 2. The first-order valence-corrected chi connectivity index (χ1v) is 9.15. The summed E-state index contributed by atoms with van der Waals surface area (Å²) in [7, 11) is 0. The van der Waals surface area contributed by atoms with Crippen molar-refractivity contribution >= 4 is 11.9 Å². The number of likely N-dealkylation sites (tertiary alicyclic amines) is 1. The molecule has 1 amide bonds. The predicted octanol–water partition coefficient (Wildman–Crippen LogP) is 1.93. The molecule has 1 aromatic heterocycles. The number of nitro groups is 1. The van der Waals surface area contributed by atoms with Crippen LogP contribution in [0.25, 0.3) is 0 Å². The monoisotopic (exact) mass is 381 g/mol. The molecule has 0 saturated carbocycles. The second-order valence-corrected chi connectivity index (χ2v) is 8.52. The highest BCUT2D eigenvalue weighted by Crippen LogP contribution is 2.32. The summed E-state index contributed by atoms with van der Waals surface area (Å²) in [5.74, 6) is -0.193. The van der Waals surface area contributed by atoms with Gasteiger partial charge in [-0.3, -0.25) is 9.47 Å². The van der Waals surface area contributed by atoms with Crippen molar-refractivity contribution in [3.8, 4) is 6.01 Å². The molecule has 3 heterocycles. The van der Waals surface area contributed by atoms with E-state index in [4.69, 9.17) is 9.47 Å². The molecule has 1 saturated heterocycles. The van der Waals surface area contributed by atoms with Gasteiger partial charge in [0, 0.05) is 30.7 Å². The van der Waals surface area contributed by atoms with Gasteiger partial charge in [-0.15, -0.1) is 0 Å². The van der Waals surface area contributed by atoms with Crippen LogP contribution in [0.4, 0.5) is 10.6 Å². The first-order valence-electron chi connectivity index (χ1n) is 9.15. The van der Waals surface area contributed by atoms with Crippen molar-refractivity contribution in [3.63, 3.8) is 0 Å². The van der Waals surface area contributed by atoms with Crippen molar-refractivity contribution in [1.29, 1.82) is 0 Å². The van der Waals surface area contributed by atoms with E-state index in [-0.39, 0.29) is 18.0 Å². The maximum absolute atomic E-state index is 11.9. The van der Waals surface area contributed by atoms with Crippen molar-refractivity contribution < 1.29 is 19.2 Å². The van der Waals surface area contributed by atoms with E-state index in [0.29, 0.717) is 19.1 Å². The molecule has 10 nitrogen and oxygen atoms in total. The summed E-state index contributed by atoms with van der Waals surface area (Å²) in [5.41, 5.74) is -0.971. The van der Waals surface area contributed by atoms with Gasteiger partial charge >= 0.3 is 17.9 Å². The fourth-order valence-electron chi connectivity index (χ4n) is 3.55. The van der Waals surface area contributed by atoms with E-state index in [2.05, 4.69) is 15.2 Å². The molecule has 0 bridgehead atoms. The highest BCUT2D eigenvalue weighted by molar-refractivity contribution is 5.68. The molecule has 1 unspecified atom stereocenters. The van der Waals surface area contributed by atoms with E-state index in [0.717, 1.165) is 25.9 Å². The lowest BCUT2D eigenvalue weighted by Crippen LogP contribution is -2.51. The molecule has 0 radical (unpaired) electrons. The van der Waals surface area contributed by atoms with Gasteiger partial charge in [-0.2, -0.15) is 0 Å². The lowest BCUT2D eigenvalue weighted by molar-refractivity contribution is -0.389. The Hall–Kier alpha value is -2.36. The Bertz CT molecular complexity index is 694. The number of hydrogen-bond donors (Lipinski definition) is 1. The van der Waals surface area contributed by atoms with Crippen LogP contribution >= 0.6 is 0 Å². The first kappa shape index (κ1) is 19.4. The number of carbonyl (C=O) groups is 1. The number of alkyl carbamates (subject to hydrolysis) is 1. The van der Waals surface area contributed by atoms with Crippen LogP contribution < -0.4 is 10.1 Å². The molecule has 1 atom stereocenters. The van der Waals surface area contributed by atoms with Crippen molar-refractivity contribution in [2.75, 3.05) is 19.6 Å². The molecule has 3 rings (SSSR count). The highest BCUT2D eigenvalue weighted by Gasteiger charge is 2.42. The number of amides is 1. The summed E-state index contributed by atoms with van der Waals surface area (Å²) in [4.78, 5) is 28.4. The predicted molar refractivity (Wildman–Crippen MR) is 96.7 cm³/mol. The van der Waals surface area contributed by atoms with Crippen LogP contribution in [0.5, 0.6) is 6.01 Å². The number of nitrogens with zero attached hydrogens (tertiary/aromatic N) is 4. The minimum atomic E-state index is -0.519. The fourth-order valence-corrected chi connectivity index (χ4v) is 3.55. The van der Waals surface area contributed by atoms with Gasteiger partial charge in [-0.25, -0.2) is 4.79 Å². The number of imidazole rings is 1. The second kappa shape index (κ2) is 6.99. The SMILES string of the molecule is CC(C)(C)OC(=O)NC1CCN(CC2(C)Cn3cc([N+](=O)[O-])nc3O2)CC1. The van der Waals surface area contributed by atoms with Crippen molar-refractivity contribution in [3.05, 3.63) is 16.3 Å². The maximum atomic E-state index is 11.9. The molecular weight excluding hydrogens is 354 g/mol. The third kappa shape index (κ3) is 4.88. The zero-order valence-corrected chi connectivity index (χ0v) is 16.2. The van der Waals surface area contributed by atoms with Gasteiger partial charge in [-0.05, 0) is 45.5 Å². The molecule has 2 aliphatic rings. The molecule has 27 heavy (non-hydrogen) atoms. The van der Waals surface area contributed by atoms with Crippen molar-refractivity contribution in [1.82, 2.24) is 19.8 Å². The quantitative estimate of drug-likeness (QED) is 0.626. The van der Waals surface area contributed by atoms with Crippen molar-refractivity contribution in [2.45, 2.75) is 64.3 Å². The lowest BCUT2D eigenvalue weighted by Gasteiger charge is -2.36. The molecule has 0 spiro atoms. The Morgan fingerprint density at radius 3 is 2.70 bits per heavy atom. The number of piperidine rings is 1. The summed E-state index contributed by atoms with van der Waals surface area (Å²) < 4.78 is 12.9. The summed E-state index contributed by atoms with van der Waals surface area (Å²) in [5, 5.41) is 13.7. The third-order valence-electron chi connectivity index (χ3n) is 4.62. The Balaban J connectivity index is 1.46. The highest BCUT2D eigenvalue weighted by atomic mass is 16.6. The number of rotatable bonds is 4. The fraction of sp³-hybridized carbons (Fsp3) is 0.765. The molecule has 1 aromatic rings. The maximum Gasteiger partial charge on any atom is 0.415 e. The van der Waals surface area contributed by atoms with E-state index < -0.39 is 16.1 Å². The standard InChI is InChI=1S/C17H27N5O5/c1-16(2,3)27-15(23)18-12-5-7-20(8-6-12)10-17(4)11-21-9-13(22(24)25)19-14(21)26-17/h9,12H,5-8,10-11H2,1-4H3,(H,18,23). The minimum absolute atomic E-state index is 0.103. The minimum Gasteiger partial charge on any atom is -0.444 e. The summed E-state index contributed by atoms with van der Waals surface area (Å²) in [6, 6.07) is 0.400. The van der Waals surface area contributed by atoms with E-state index >= 15 is 0 Å². The smallest absolute Gasteiger partial charge is 0.415 e. The van der Waals surface area contributed by atoms with E-state index in [1.807, 2.05) is 27.7 Å². The topological polar surface area (TPSA) is 112 Å². The third-order valence-corrected chi connectivity index (χ3v) is 4.62. The second-order valence-electron chi connectivity index (χ2n) is 8.52. The van der Waals surface area contributed by atoms with Gasteiger partial charge in [-0.1, -0.05) is 0 Å². The van der Waals surface area contributed by atoms with Crippen LogP contribution in [-0.2, 0) is 11.3 Å². The number of nitrogens with one attached hydrogen (secondary N) is 1. The van der Waals surface area contributed by atoms with Crippen LogP contribution in [0.1, 0.15) is 40.5 Å². The molecule has 0 aromatic carbocycles. The molecule has 0 aliphatic carbocycles. The molecule has 10 heteroatoms. The average Bonchev–Trinajstić information content (AvgIpc) is 3.02. The van der Waals surface area contributed by atoms with E-state index in [1.165, 1.54) is 6.20 Å². The van der Waals surface area contributed by atoms with Crippen LogP contribution in [0.15, 0.2) is 6.20 Å². The van der Waals surface area contributed by atoms with Gasteiger partial charge < -0.3 is 24.9 Å². The van der Waals surface area contributed by atoms with Crippen LogP contribution in [0.2, 0.25) is 0 Å². The van der Waals surface area contributed by atoms with Gasteiger partial charge in [0.05, 0.1) is 6.54 Å². The van der Waals surface area contributed by atoms with Crippen molar-refractivity contribution in [2.24, 2.45) is 0 Å². The molecule has 1 fully saturated rings. The summed E-state index contributed by atoms with van der Waals surface area (Å²) >= 11 is 0. The number of carbonyl (C=O) groups excluding carboxylic acids is 1. The number of ether oxygens (including phenoxy) is 2. The van der Waals surface area contributed by atoms with Gasteiger partial charge in [0.25, 0.3) is 0 Å². The number of fused-ring (bicyclic) bond motifs is 1. The molecule has 150 valence electrons.